The minimum atomic E-state index is -1.28. The Hall–Kier alpha value is -3.09. The molecule has 0 unspecified atom stereocenters. The van der Waals surface area contributed by atoms with Gasteiger partial charge in [0.1, 0.15) is 5.41 Å². The number of aryl methyl sites for hydroxylation is 2. The van der Waals surface area contributed by atoms with Gasteiger partial charge in [-0.05, 0) is 61.1 Å². The number of aromatic nitrogens is 2. The fourth-order valence-electron chi connectivity index (χ4n) is 2.97. The van der Waals surface area contributed by atoms with E-state index in [1.165, 1.54) is 0 Å². The lowest BCUT2D eigenvalue weighted by molar-refractivity contribution is -0.145. The van der Waals surface area contributed by atoms with Crippen LogP contribution in [0.2, 0.25) is 0 Å². The zero-order valence-electron chi connectivity index (χ0n) is 13.6. The third-order valence-corrected chi connectivity index (χ3v) is 4.50. The number of hydrogen-bond acceptors (Lipinski definition) is 5. The Balaban J connectivity index is 1.81. The molecule has 2 aromatic heterocycles. The van der Waals surface area contributed by atoms with Gasteiger partial charge in [0.05, 0.1) is 0 Å². The number of pyridine rings is 2. The molecule has 0 spiro atoms. The van der Waals surface area contributed by atoms with Crippen LogP contribution in [0.5, 0.6) is 0 Å². The zero-order chi connectivity index (χ0) is 17.7. The molecule has 0 aromatic carbocycles. The van der Waals surface area contributed by atoms with Gasteiger partial charge in [0.25, 0.3) is 0 Å². The third kappa shape index (κ3) is 3.71. The highest BCUT2D eigenvalue weighted by atomic mass is 16.2. The average molecular weight is 338 g/mol. The van der Waals surface area contributed by atoms with Crippen LogP contribution in [-0.4, -0.2) is 27.8 Å². The van der Waals surface area contributed by atoms with Crippen molar-refractivity contribution in [2.45, 2.75) is 25.7 Å². The lowest BCUT2D eigenvalue weighted by atomic mass is 9.75. The van der Waals surface area contributed by atoms with Crippen molar-refractivity contribution in [3.63, 3.8) is 0 Å². The van der Waals surface area contributed by atoms with E-state index in [9.17, 15) is 14.4 Å². The first kappa shape index (κ1) is 16.8. The Morgan fingerprint density at radius 3 is 1.52 bits per heavy atom. The van der Waals surface area contributed by atoms with Gasteiger partial charge in [-0.2, -0.15) is 0 Å². The van der Waals surface area contributed by atoms with E-state index in [2.05, 4.69) is 20.6 Å². The quantitative estimate of drug-likeness (QED) is 0.775. The molecule has 0 atom stereocenters. The standard InChI is InChI=1S/C18H18N4O3/c23-15-18(16(24)22-17(25)21-15,7-1-13-3-9-19-10-4-13)8-2-14-5-11-20-12-6-14/h3-6,9-12H,1-2,7-8H2,(H2,21,22,23,24,25). The van der Waals surface area contributed by atoms with Gasteiger partial charge in [-0.3, -0.25) is 30.2 Å². The maximum absolute atomic E-state index is 12.6. The van der Waals surface area contributed by atoms with Gasteiger partial charge in [-0.1, -0.05) is 0 Å². The van der Waals surface area contributed by atoms with Gasteiger partial charge in [0, 0.05) is 24.8 Å². The molecule has 25 heavy (non-hydrogen) atoms. The number of hydrogen-bond donors (Lipinski definition) is 2. The summed E-state index contributed by atoms with van der Waals surface area (Å²) in [6.45, 7) is 0. The van der Waals surface area contributed by atoms with Gasteiger partial charge >= 0.3 is 6.03 Å². The summed E-state index contributed by atoms with van der Waals surface area (Å²) in [4.78, 5) is 44.5. The fourth-order valence-corrected chi connectivity index (χ4v) is 2.97. The van der Waals surface area contributed by atoms with Crippen LogP contribution in [0.1, 0.15) is 24.0 Å². The number of imide groups is 2. The number of nitrogens with zero attached hydrogens (tertiary/aromatic N) is 2. The van der Waals surface area contributed by atoms with Crippen LogP contribution in [0.25, 0.3) is 0 Å². The molecule has 2 aromatic rings. The molecule has 1 fully saturated rings. The first-order valence-electron chi connectivity index (χ1n) is 8.05. The molecule has 3 rings (SSSR count). The van der Waals surface area contributed by atoms with Gasteiger partial charge < -0.3 is 0 Å². The summed E-state index contributed by atoms with van der Waals surface area (Å²) in [7, 11) is 0. The minimum absolute atomic E-state index is 0.313. The summed E-state index contributed by atoms with van der Waals surface area (Å²) in [5, 5.41) is 4.48. The molecule has 1 aliphatic rings. The predicted octanol–water partition coefficient (Wildman–Crippen LogP) is 1.39. The topological polar surface area (TPSA) is 101 Å². The minimum Gasteiger partial charge on any atom is -0.277 e. The van der Waals surface area contributed by atoms with Crippen molar-refractivity contribution in [1.29, 1.82) is 0 Å². The van der Waals surface area contributed by atoms with E-state index >= 15 is 0 Å². The normalized spacial score (nSPS) is 16.2. The first-order valence-corrected chi connectivity index (χ1v) is 8.05. The summed E-state index contributed by atoms with van der Waals surface area (Å²) in [5.74, 6) is -1.08. The fraction of sp³-hybridized carbons (Fsp3) is 0.278. The molecule has 2 N–H and O–H groups in total. The molecule has 3 heterocycles. The van der Waals surface area contributed by atoms with Crippen molar-refractivity contribution < 1.29 is 14.4 Å². The Kier molecular flexibility index (Phi) is 4.83. The summed E-state index contributed by atoms with van der Waals surface area (Å²) in [6, 6.07) is 6.62. The van der Waals surface area contributed by atoms with Gasteiger partial charge in [0.2, 0.25) is 11.8 Å². The summed E-state index contributed by atoms with van der Waals surface area (Å²) >= 11 is 0. The molecule has 7 nitrogen and oxygen atoms in total. The molecular formula is C18H18N4O3. The maximum atomic E-state index is 12.6. The second-order valence-electron chi connectivity index (χ2n) is 6.03. The van der Waals surface area contributed by atoms with Gasteiger partial charge in [-0.25, -0.2) is 4.79 Å². The van der Waals surface area contributed by atoms with E-state index in [1.807, 2.05) is 24.3 Å². The summed E-state index contributed by atoms with van der Waals surface area (Å²) in [6.07, 6.45) is 8.38. The Morgan fingerprint density at radius 1 is 0.720 bits per heavy atom. The van der Waals surface area contributed by atoms with E-state index in [1.54, 1.807) is 24.8 Å². The molecule has 1 aliphatic heterocycles. The smallest absolute Gasteiger partial charge is 0.277 e. The van der Waals surface area contributed by atoms with Crippen molar-refractivity contribution in [1.82, 2.24) is 20.6 Å². The molecule has 7 heteroatoms. The van der Waals surface area contributed by atoms with Crippen molar-refractivity contribution in [2.75, 3.05) is 0 Å². The molecule has 0 saturated carbocycles. The number of carbonyl (C=O) groups excluding carboxylic acids is 3. The molecule has 0 bridgehead atoms. The molecule has 1 saturated heterocycles. The van der Waals surface area contributed by atoms with Crippen LogP contribution in [-0.2, 0) is 22.4 Å². The Labute approximate surface area is 144 Å². The van der Waals surface area contributed by atoms with Crippen molar-refractivity contribution in [3.05, 3.63) is 60.2 Å². The van der Waals surface area contributed by atoms with Crippen molar-refractivity contribution in [3.8, 4) is 0 Å². The molecule has 0 aliphatic carbocycles. The van der Waals surface area contributed by atoms with Crippen molar-refractivity contribution >= 4 is 17.8 Å². The summed E-state index contributed by atoms with van der Waals surface area (Å²) in [5.41, 5.74) is 0.687. The second-order valence-corrected chi connectivity index (χ2v) is 6.03. The summed E-state index contributed by atoms with van der Waals surface area (Å²) < 4.78 is 0. The maximum Gasteiger partial charge on any atom is 0.328 e. The second kappa shape index (κ2) is 7.21. The third-order valence-electron chi connectivity index (χ3n) is 4.50. The van der Waals surface area contributed by atoms with Crippen LogP contribution < -0.4 is 10.6 Å². The lowest BCUT2D eigenvalue weighted by Gasteiger charge is -2.34. The predicted molar refractivity (Wildman–Crippen MR) is 89.2 cm³/mol. The van der Waals surface area contributed by atoms with Crippen molar-refractivity contribution in [2.24, 2.45) is 5.41 Å². The molecule has 0 radical (unpaired) electrons. The van der Waals surface area contributed by atoms with E-state index in [0.717, 1.165) is 11.1 Å². The van der Waals surface area contributed by atoms with Crippen LogP contribution >= 0.6 is 0 Å². The highest BCUT2D eigenvalue weighted by Gasteiger charge is 2.49. The van der Waals surface area contributed by atoms with E-state index in [-0.39, 0.29) is 0 Å². The molecule has 128 valence electrons. The zero-order valence-corrected chi connectivity index (χ0v) is 13.6. The number of rotatable bonds is 6. The number of nitrogens with one attached hydrogen (secondary N) is 2. The SMILES string of the molecule is O=C1NC(=O)C(CCc2ccncc2)(CCc2ccncc2)C(=O)N1. The first-order chi connectivity index (χ1) is 12.1. The molecular weight excluding hydrogens is 320 g/mol. The monoisotopic (exact) mass is 338 g/mol. The van der Waals surface area contributed by atoms with Crippen LogP contribution in [0.3, 0.4) is 0 Å². The largest absolute Gasteiger partial charge is 0.328 e. The van der Waals surface area contributed by atoms with Gasteiger partial charge in [0.15, 0.2) is 0 Å². The van der Waals surface area contributed by atoms with E-state index < -0.39 is 23.3 Å². The van der Waals surface area contributed by atoms with Gasteiger partial charge in [-0.15, -0.1) is 0 Å². The van der Waals surface area contributed by atoms with E-state index in [0.29, 0.717) is 25.7 Å². The Bertz CT molecular complexity index is 712. The Morgan fingerprint density at radius 2 is 1.12 bits per heavy atom. The molecule has 4 amide bonds. The number of urea groups is 1. The lowest BCUT2D eigenvalue weighted by Crippen LogP contribution is -2.62. The van der Waals surface area contributed by atoms with Crippen LogP contribution in [0, 0.1) is 5.41 Å². The van der Waals surface area contributed by atoms with Crippen LogP contribution in [0.15, 0.2) is 49.1 Å². The van der Waals surface area contributed by atoms with Crippen LogP contribution in [0.4, 0.5) is 4.79 Å². The highest BCUT2D eigenvalue weighted by molar-refractivity contribution is 6.19. The number of carbonyl (C=O) groups is 3. The average Bonchev–Trinajstić information content (AvgIpc) is 2.62. The number of amides is 4. The highest BCUT2D eigenvalue weighted by Crippen LogP contribution is 2.32. The van der Waals surface area contributed by atoms with E-state index in [4.69, 9.17) is 0 Å². The number of barbiturate groups is 1.